The maximum atomic E-state index is 13.1. The van der Waals surface area contributed by atoms with Crippen LogP contribution in [0.1, 0.15) is 26.5 Å². The van der Waals surface area contributed by atoms with Crippen molar-refractivity contribution in [3.05, 3.63) is 75.8 Å². The summed E-state index contributed by atoms with van der Waals surface area (Å²) in [5.41, 5.74) is 1.09. The normalized spacial score (nSPS) is 10.6. The Morgan fingerprint density at radius 2 is 1.54 bits per heavy atom. The van der Waals surface area contributed by atoms with Crippen LogP contribution in [-0.4, -0.2) is 62.0 Å². The zero-order valence-corrected chi connectivity index (χ0v) is 21.9. The number of carbonyl (C=O) groups is 3. The fraction of sp³-hybridized carbons (Fsp3) is 0.231. The first-order chi connectivity index (χ1) is 19.3. The zero-order valence-electron chi connectivity index (χ0n) is 21.9. The second kappa shape index (κ2) is 14.4. The molecule has 0 atom stereocenters. The van der Waals surface area contributed by atoms with Crippen LogP contribution in [0.4, 0.5) is 24.5 Å². The number of amides is 2. The van der Waals surface area contributed by atoms with Gasteiger partial charge in [0, 0.05) is 17.8 Å². The highest BCUT2D eigenvalue weighted by atomic mass is 19.4. The number of carbonyl (C=O) groups excluding carboxylic acids is 2. The number of hydrogen-bond acceptors (Lipinski definition) is 9. The Bertz CT molecular complexity index is 1440. The number of hydrogen-bond donors (Lipinski definition) is 5. The maximum absolute atomic E-state index is 13.1. The first-order valence-electron chi connectivity index (χ1n) is 11.5. The predicted octanol–water partition coefficient (Wildman–Crippen LogP) is 3.26. The van der Waals surface area contributed by atoms with E-state index in [1.807, 2.05) is 19.2 Å². The van der Waals surface area contributed by atoms with Crippen molar-refractivity contribution < 1.29 is 51.7 Å². The van der Waals surface area contributed by atoms with E-state index in [9.17, 15) is 32.7 Å². The summed E-state index contributed by atoms with van der Waals surface area (Å²) in [6, 6.07) is 11.1. The first kappa shape index (κ1) is 32.2. The van der Waals surface area contributed by atoms with E-state index in [2.05, 4.69) is 16.0 Å². The molecule has 12 nitrogen and oxygen atoms in total. The van der Waals surface area contributed by atoms with Gasteiger partial charge in [-0.2, -0.15) is 13.2 Å². The molecule has 41 heavy (non-hydrogen) atoms. The lowest BCUT2D eigenvalue weighted by Gasteiger charge is -2.16. The molecule has 2 amide bonds. The Hall–Kier alpha value is -5.05. The van der Waals surface area contributed by atoms with Crippen molar-refractivity contribution in [2.24, 2.45) is 0 Å². The number of nitrogens with one attached hydrogen (secondary N) is 3. The molecule has 15 heteroatoms. The summed E-state index contributed by atoms with van der Waals surface area (Å²) in [5, 5.41) is 24.9. The third kappa shape index (κ3) is 9.28. The van der Waals surface area contributed by atoms with Gasteiger partial charge in [-0.3, -0.25) is 14.4 Å². The van der Waals surface area contributed by atoms with Gasteiger partial charge in [-0.05, 0) is 43.8 Å². The van der Waals surface area contributed by atoms with Crippen LogP contribution in [0.15, 0.2) is 57.9 Å². The van der Waals surface area contributed by atoms with Crippen molar-refractivity contribution in [1.29, 1.82) is 0 Å². The summed E-state index contributed by atoms with van der Waals surface area (Å²) in [6.45, 7) is 0.835. The highest BCUT2D eigenvalue weighted by Crippen LogP contribution is 2.34. The molecule has 0 fully saturated rings. The standard InChI is InChI=1S/C24H25N3O7.C2HF3O2/c1-25-9-8-14-4-6-15(7-5-14)26-23(30)16-10-20(32-2)21(33-3)11-17(16)27-24(31)22-12-18(28)19(29)13-34-22;3-2(4,5)1(6)7/h4-7,10-13,25,29H,8-9H2,1-3H3,(H,26,30)(H,27,31);(H,6,7). The third-order valence-corrected chi connectivity index (χ3v) is 5.17. The average molecular weight is 582 g/mol. The van der Waals surface area contributed by atoms with Gasteiger partial charge in [0.1, 0.15) is 6.26 Å². The van der Waals surface area contributed by atoms with E-state index in [0.717, 1.165) is 30.9 Å². The highest BCUT2D eigenvalue weighted by molar-refractivity contribution is 6.12. The van der Waals surface area contributed by atoms with E-state index in [0.29, 0.717) is 5.69 Å². The molecule has 5 N–H and O–H groups in total. The number of ether oxygens (including phenoxy) is 2. The van der Waals surface area contributed by atoms with Gasteiger partial charge >= 0.3 is 12.1 Å². The second-order valence-corrected chi connectivity index (χ2v) is 8.01. The quantitative estimate of drug-likeness (QED) is 0.252. The minimum Gasteiger partial charge on any atom is -0.502 e. The molecule has 1 aromatic heterocycles. The molecule has 0 saturated carbocycles. The topological polar surface area (TPSA) is 176 Å². The zero-order chi connectivity index (χ0) is 30.7. The Balaban J connectivity index is 0.000000745. The van der Waals surface area contributed by atoms with Crippen molar-refractivity contribution >= 4 is 29.2 Å². The summed E-state index contributed by atoms with van der Waals surface area (Å²) in [5.74, 6) is -4.48. The summed E-state index contributed by atoms with van der Waals surface area (Å²) in [6.07, 6.45) is -3.47. The molecule has 0 aliphatic heterocycles. The van der Waals surface area contributed by atoms with E-state index in [1.54, 1.807) is 12.1 Å². The van der Waals surface area contributed by atoms with Crippen LogP contribution in [0.5, 0.6) is 17.2 Å². The second-order valence-electron chi connectivity index (χ2n) is 8.01. The highest BCUT2D eigenvalue weighted by Gasteiger charge is 2.38. The predicted molar refractivity (Wildman–Crippen MR) is 140 cm³/mol. The van der Waals surface area contributed by atoms with Crippen molar-refractivity contribution in [1.82, 2.24) is 5.32 Å². The molecular formula is C26H26F3N3O9. The van der Waals surface area contributed by atoms with Crippen LogP contribution in [-0.2, 0) is 11.2 Å². The molecule has 0 radical (unpaired) electrons. The van der Waals surface area contributed by atoms with E-state index >= 15 is 0 Å². The number of aliphatic carboxylic acids is 1. The van der Waals surface area contributed by atoms with E-state index in [1.165, 1.54) is 26.4 Å². The van der Waals surface area contributed by atoms with E-state index < -0.39 is 35.1 Å². The van der Waals surface area contributed by atoms with Crippen LogP contribution >= 0.6 is 0 Å². The number of aromatic hydroxyl groups is 1. The van der Waals surface area contributed by atoms with Crippen LogP contribution in [0, 0.1) is 0 Å². The molecule has 1 heterocycles. The molecule has 3 rings (SSSR count). The Labute approximate surface area is 230 Å². The number of methoxy groups -OCH3 is 2. The van der Waals surface area contributed by atoms with E-state index in [-0.39, 0.29) is 28.5 Å². The fourth-order valence-corrected chi connectivity index (χ4v) is 3.10. The lowest BCUT2D eigenvalue weighted by atomic mass is 10.1. The molecule has 0 bridgehead atoms. The van der Waals surface area contributed by atoms with Crippen molar-refractivity contribution in [2.45, 2.75) is 12.6 Å². The molecule has 0 spiro atoms. The lowest BCUT2D eigenvalue weighted by Crippen LogP contribution is -2.21. The number of rotatable bonds is 9. The fourth-order valence-electron chi connectivity index (χ4n) is 3.10. The van der Waals surface area contributed by atoms with Crippen molar-refractivity contribution in [3.8, 4) is 17.2 Å². The molecule has 0 aliphatic rings. The average Bonchev–Trinajstić information content (AvgIpc) is 2.93. The van der Waals surface area contributed by atoms with Crippen LogP contribution in [0.2, 0.25) is 0 Å². The van der Waals surface area contributed by atoms with Crippen LogP contribution in [0.25, 0.3) is 0 Å². The molecule has 0 unspecified atom stereocenters. The maximum Gasteiger partial charge on any atom is 0.490 e. The van der Waals surface area contributed by atoms with Gasteiger partial charge in [-0.1, -0.05) is 12.1 Å². The van der Waals surface area contributed by atoms with Crippen molar-refractivity contribution in [3.63, 3.8) is 0 Å². The summed E-state index contributed by atoms with van der Waals surface area (Å²) in [4.78, 5) is 46.3. The van der Waals surface area contributed by atoms with E-state index in [4.69, 9.17) is 23.8 Å². The summed E-state index contributed by atoms with van der Waals surface area (Å²) < 4.78 is 47.3. The van der Waals surface area contributed by atoms with Crippen LogP contribution in [0.3, 0.4) is 0 Å². The van der Waals surface area contributed by atoms with Gasteiger partial charge in [-0.15, -0.1) is 0 Å². The number of benzene rings is 2. The molecule has 3 aromatic rings. The van der Waals surface area contributed by atoms with Gasteiger partial charge < -0.3 is 40.1 Å². The molecule has 0 aliphatic carbocycles. The Kier molecular flexibility index (Phi) is 11.3. The number of halogens is 3. The van der Waals surface area contributed by atoms with Crippen LogP contribution < -0.4 is 30.9 Å². The number of anilines is 2. The number of alkyl halides is 3. The van der Waals surface area contributed by atoms with Gasteiger partial charge in [0.25, 0.3) is 11.8 Å². The monoisotopic (exact) mass is 581 g/mol. The van der Waals surface area contributed by atoms with Crippen molar-refractivity contribution in [2.75, 3.05) is 38.4 Å². The lowest BCUT2D eigenvalue weighted by molar-refractivity contribution is -0.192. The largest absolute Gasteiger partial charge is 0.502 e. The summed E-state index contributed by atoms with van der Waals surface area (Å²) in [7, 11) is 4.72. The first-order valence-corrected chi connectivity index (χ1v) is 11.5. The number of likely N-dealkylation sites (N-methyl/N-ethyl adjacent to an activating group) is 1. The number of carboxylic acid groups (broad SMARTS) is 1. The molecule has 2 aromatic carbocycles. The van der Waals surface area contributed by atoms with Gasteiger partial charge in [-0.25, -0.2) is 4.79 Å². The smallest absolute Gasteiger partial charge is 0.490 e. The van der Waals surface area contributed by atoms with Gasteiger partial charge in [0.2, 0.25) is 5.43 Å². The van der Waals surface area contributed by atoms with Gasteiger partial charge in [0.15, 0.2) is 23.0 Å². The molecule has 0 saturated heterocycles. The Morgan fingerprint density at radius 3 is 2.05 bits per heavy atom. The summed E-state index contributed by atoms with van der Waals surface area (Å²) >= 11 is 0. The minimum atomic E-state index is -5.08. The minimum absolute atomic E-state index is 0.0892. The third-order valence-electron chi connectivity index (χ3n) is 5.17. The van der Waals surface area contributed by atoms with Gasteiger partial charge in [0.05, 0.1) is 25.5 Å². The molecular weight excluding hydrogens is 555 g/mol. The molecule has 220 valence electrons. The Morgan fingerprint density at radius 1 is 0.951 bits per heavy atom. The SMILES string of the molecule is CNCCc1ccc(NC(=O)c2cc(OC)c(OC)cc2NC(=O)c2cc(=O)c(O)co2)cc1.O=C(O)C(F)(F)F. The number of carboxylic acids is 1.